The minimum atomic E-state index is -1.56. The number of nitrogens with one attached hydrogen (secondary N) is 1. The van der Waals surface area contributed by atoms with Gasteiger partial charge in [-0.3, -0.25) is 9.69 Å². The quantitative estimate of drug-likeness (QED) is 0.477. The van der Waals surface area contributed by atoms with Crippen LogP contribution in [0, 0.1) is 0 Å². The molecule has 4 aliphatic heterocycles. The molecule has 2 fully saturated rings. The number of halogens is 2. The number of fused-ring (bicyclic) bond motifs is 5. The lowest BCUT2D eigenvalue weighted by Crippen LogP contribution is -2.62. The molecule has 7 rings (SSSR count). The number of hydrogen-bond donors (Lipinski definition) is 1. The molecule has 0 aromatic heterocycles. The normalized spacial score (nSPS) is 30.4. The number of cyclic esters (lactones) is 1. The number of carbonyl (C=O) groups excluding carboxylic acids is 2. The Bertz CT molecular complexity index is 1480. The van der Waals surface area contributed by atoms with Crippen LogP contribution in [0.2, 0.25) is 10.0 Å². The van der Waals surface area contributed by atoms with Gasteiger partial charge in [0, 0.05) is 38.8 Å². The van der Waals surface area contributed by atoms with E-state index < -0.39 is 23.0 Å². The van der Waals surface area contributed by atoms with Crippen LogP contribution in [0.3, 0.4) is 0 Å². The summed E-state index contributed by atoms with van der Waals surface area (Å²) < 4.78 is 5.95. The van der Waals surface area contributed by atoms with E-state index >= 15 is 0 Å². The number of benzene rings is 3. The van der Waals surface area contributed by atoms with Crippen LogP contribution in [0.4, 0.5) is 5.69 Å². The molecule has 0 saturated carbocycles. The zero-order valence-electron chi connectivity index (χ0n) is 19.1. The minimum Gasteiger partial charge on any atom is -0.405 e. The Labute approximate surface area is 217 Å². The molecule has 2 saturated heterocycles. The SMILES string of the molecule is O=C1OC(c2ccccc2)=N[C@@]12[C@H](c1cccc(Cl)c1)[C@H]1CCCN1[C@]21C(=O)Nc2ccc(Cl)cc21. The fraction of sp³-hybridized carbons (Fsp3) is 0.250. The van der Waals surface area contributed by atoms with Gasteiger partial charge in [0.2, 0.25) is 11.4 Å². The summed E-state index contributed by atoms with van der Waals surface area (Å²) in [7, 11) is 0. The molecule has 4 heterocycles. The summed E-state index contributed by atoms with van der Waals surface area (Å²) in [5.74, 6) is -1.06. The minimum absolute atomic E-state index is 0.120. The fourth-order valence-corrected chi connectivity index (χ4v) is 7.26. The van der Waals surface area contributed by atoms with Crippen LogP contribution in [-0.2, 0) is 19.9 Å². The van der Waals surface area contributed by atoms with Gasteiger partial charge in [-0.05, 0) is 67.4 Å². The highest BCUT2D eigenvalue weighted by Crippen LogP contribution is 2.65. The summed E-state index contributed by atoms with van der Waals surface area (Å²) in [6, 6.07) is 22.0. The first kappa shape index (κ1) is 22.0. The monoisotopic (exact) mass is 517 g/mol. The molecule has 8 heteroatoms. The first-order chi connectivity index (χ1) is 17.5. The second kappa shape index (κ2) is 7.65. The molecule has 0 radical (unpaired) electrons. The number of esters is 1. The standard InChI is InChI=1S/C28H21Cl2N3O3/c29-18-9-4-8-17(14-18)23-22-10-5-13-33(22)28(20-15-19(30)11-12-21(20)31-25(28)34)27(23)26(35)36-24(32-27)16-6-2-1-3-7-16/h1-4,6-9,11-12,14-15,22-23H,5,10,13H2,(H,31,34)/t22-,23-,27+,28-/m1/s1. The van der Waals surface area contributed by atoms with E-state index in [1.54, 1.807) is 24.3 Å². The highest BCUT2D eigenvalue weighted by Gasteiger charge is 2.80. The lowest BCUT2D eigenvalue weighted by atomic mass is 9.66. The first-order valence-electron chi connectivity index (χ1n) is 12.0. The Hall–Kier alpha value is -3.19. The Kier molecular flexibility index (Phi) is 4.69. The average Bonchev–Trinajstić information content (AvgIpc) is 3.60. The van der Waals surface area contributed by atoms with Gasteiger partial charge in [-0.25, -0.2) is 9.79 Å². The van der Waals surface area contributed by atoms with Crippen LogP contribution < -0.4 is 5.32 Å². The maximum absolute atomic E-state index is 14.3. The van der Waals surface area contributed by atoms with Gasteiger partial charge in [0.15, 0.2) is 5.54 Å². The molecule has 4 atom stereocenters. The Balaban J connectivity index is 1.58. The zero-order chi connectivity index (χ0) is 24.7. The van der Waals surface area contributed by atoms with E-state index in [4.69, 9.17) is 32.9 Å². The van der Waals surface area contributed by atoms with Crippen LogP contribution in [0.25, 0.3) is 0 Å². The number of carbonyl (C=O) groups is 2. The van der Waals surface area contributed by atoms with Gasteiger partial charge in [0.1, 0.15) is 0 Å². The number of ether oxygens (including phenoxy) is 1. The molecular formula is C28H21Cl2N3O3. The summed E-state index contributed by atoms with van der Waals surface area (Å²) in [4.78, 5) is 35.8. The Morgan fingerprint density at radius 3 is 2.58 bits per heavy atom. The van der Waals surface area contributed by atoms with Crippen molar-refractivity contribution in [3.05, 3.63) is 99.5 Å². The highest BCUT2D eigenvalue weighted by atomic mass is 35.5. The number of hydrogen-bond acceptors (Lipinski definition) is 5. The van der Waals surface area contributed by atoms with Crippen LogP contribution in [-0.4, -0.2) is 40.8 Å². The second-order valence-electron chi connectivity index (χ2n) is 9.73. The van der Waals surface area contributed by atoms with Crippen LogP contribution in [0.15, 0.2) is 77.8 Å². The number of aliphatic imine (C=N–C) groups is 1. The molecule has 0 bridgehead atoms. The van der Waals surface area contributed by atoms with Crippen molar-refractivity contribution in [1.29, 1.82) is 0 Å². The van der Waals surface area contributed by atoms with Gasteiger partial charge >= 0.3 is 5.97 Å². The van der Waals surface area contributed by atoms with Crippen molar-refractivity contribution in [2.45, 2.75) is 35.9 Å². The number of rotatable bonds is 2. The van der Waals surface area contributed by atoms with Crippen molar-refractivity contribution in [1.82, 2.24) is 4.90 Å². The number of amides is 1. The van der Waals surface area contributed by atoms with Crippen molar-refractivity contribution in [2.75, 3.05) is 11.9 Å². The third-order valence-corrected chi connectivity index (χ3v) is 8.54. The van der Waals surface area contributed by atoms with Gasteiger partial charge in [0.05, 0.1) is 0 Å². The molecule has 1 N–H and O–H groups in total. The third-order valence-electron chi connectivity index (χ3n) is 8.07. The molecular weight excluding hydrogens is 497 g/mol. The first-order valence-corrected chi connectivity index (χ1v) is 12.7. The Morgan fingerprint density at radius 1 is 0.972 bits per heavy atom. The molecule has 36 heavy (non-hydrogen) atoms. The summed E-state index contributed by atoms with van der Waals surface area (Å²) in [6.45, 7) is 0.645. The van der Waals surface area contributed by atoms with Gasteiger partial charge in [-0.2, -0.15) is 0 Å². The topological polar surface area (TPSA) is 71.0 Å². The van der Waals surface area contributed by atoms with Gasteiger partial charge < -0.3 is 10.1 Å². The van der Waals surface area contributed by atoms with Crippen molar-refractivity contribution < 1.29 is 14.3 Å². The van der Waals surface area contributed by atoms with Gasteiger partial charge in [-0.1, -0.05) is 53.5 Å². The maximum Gasteiger partial charge on any atom is 0.344 e. The number of anilines is 1. The van der Waals surface area contributed by atoms with Crippen molar-refractivity contribution in [3.63, 3.8) is 0 Å². The lowest BCUT2D eigenvalue weighted by molar-refractivity contribution is -0.148. The van der Waals surface area contributed by atoms with E-state index in [1.807, 2.05) is 48.5 Å². The van der Waals surface area contributed by atoms with E-state index in [0.717, 1.165) is 18.4 Å². The van der Waals surface area contributed by atoms with Crippen molar-refractivity contribution >= 4 is 46.7 Å². The molecule has 3 aromatic carbocycles. The van der Waals surface area contributed by atoms with E-state index in [-0.39, 0.29) is 17.8 Å². The molecule has 1 amide bonds. The van der Waals surface area contributed by atoms with E-state index in [1.165, 1.54) is 0 Å². The maximum atomic E-state index is 14.3. The summed E-state index contributed by atoms with van der Waals surface area (Å²) in [5, 5.41) is 4.09. The molecule has 180 valence electrons. The fourth-order valence-electron chi connectivity index (χ4n) is 6.89. The molecule has 2 spiro atoms. The summed E-state index contributed by atoms with van der Waals surface area (Å²) >= 11 is 12.9. The Morgan fingerprint density at radius 2 is 1.78 bits per heavy atom. The van der Waals surface area contributed by atoms with Gasteiger partial charge in [0.25, 0.3) is 5.91 Å². The van der Waals surface area contributed by atoms with E-state index in [2.05, 4.69) is 10.2 Å². The van der Waals surface area contributed by atoms with Crippen molar-refractivity contribution in [3.8, 4) is 0 Å². The average molecular weight is 518 g/mol. The second-order valence-corrected chi connectivity index (χ2v) is 10.6. The van der Waals surface area contributed by atoms with Crippen molar-refractivity contribution in [2.24, 2.45) is 4.99 Å². The van der Waals surface area contributed by atoms with Crippen LogP contribution in [0.5, 0.6) is 0 Å². The van der Waals surface area contributed by atoms with Gasteiger partial charge in [-0.15, -0.1) is 0 Å². The smallest absolute Gasteiger partial charge is 0.344 e. The molecule has 3 aromatic rings. The predicted molar refractivity (Wildman–Crippen MR) is 137 cm³/mol. The summed E-state index contributed by atoms with van der Waals surface area (Å²) in [6.07, 6.45) is 1.71. The number of nitrogens with zero attached hydrogens (tertiary/aromatic N) is 2. The summed E-state index contributed by atoms with van der Waals surface area (Å²) in [5.41, 5.74) is -0.138. The lowest BCUT2D eigenvalue weighted by Gasteiger charge is -2.40. The molecule has 0 aliphatic carbocycles. The predicted octanol–water partition coefficient (Wildman–Crippen LogP) is 5.15. The molecule has 0 unspecified atom stereocenters. The van der Waals surface area contributed by atoms with Crippen LogP contribution >= 0.6 is 23.2 Å². The van der Waals surface area contributed by atoms with Crippen LogP contribution in [0.1, 0.15) is 35.4 Å². The largest absolute Gasteiger partial charge is 0.405 e. The molecule has 4 aliphatic rings. The van der Waals surface area contributed by atoms with E-state index in [9.17, 15) is 9.59 Å². The van der Waals surface area contributed by atoms with E-state index in [0.29, 0.717) is 33.4 Å². The zero-order valence-corrected chi connectivity index (χ0v) is 20.6. The molecule has 6 nitrogen and oxygen atoms in total. The highest BCUT2D eigenvalue weighted by molar-refractivity contribution is 6.31. The third kappa shape index (κ3) is 2.64.